The minimum absolute atomic E-state index is 0.00979. The average molecular weight is 525 g/mol. The molecule has 0 radical (unpaired) electrons. The van der Waals surface area contributed by atoms with E-state index >= 15 is 0 Å². The fourth-order valence-corrected chi connectivity index (χ4v) is 4.86. The molecule has 4 aromatic rings. The first kappa shape index (κ1) is 24.6. The molecule has 182 valence electrons. The molecule has 2 amide bonds. The Morgan fingerprint density at radius 3 is 2.08 bits per heavy atom. The van der Waals surface area contributed by atoms with Gasteiger partial charge in [0.25, 0.3) is 21.8 Å². The van der Waals surface area contributed by atoms with Crippen molar-refractivity contribution in [1.29, 1.82) is 0 Å². The molecule has 0 fully saturated rings. The van der Waals surface area contributed by atoms with Crippen molar-refractivity contribution in [3.8, 4) is 0 Å². The molecule has 36 heavy (non-hydrogen) atoms. The van der Waals surface area contributed by atoms with Crippen LogP contribution in [0.15, 0.2) is 102 Å². The molecule has 0 aliphatic carbocycles. The van der Waals surface area contributed by atoms with Crippen molar-refractivity contribution < 1.29 is 27.5 Å². The summed E-state index contributed by atoms with van der Waals surface area (Å²) >= 11 is 5.94. The molecule has 2 heterocycles. The van der Waals surface area contributed by atoms with E-state index in [-0.39, 0.29) is 27.4 Å². The Hall–Kier alpha value is -4.48. The zero-order valence-corrected chi connectivity index (χ0v) is 19.9. The van der Waals surface area contributed by atoms with Gasteiger partial charge in [-0.2, -0.15) is 13.8 Å². The number of aromatic nitrogens is 2. The molecule has 0 aliphatic rings. The first-order valence-electron chi connectivity index (χ1n) is 10.3. The third kappa shape index (κ3) is 5.27. The largest absolute Gasteiger partial charge is 0.619 e. The van der Waals surface area contributed by atoms with E-state index in [2.05, 4.69) is 5.32 Å². The number of pyridine rings is 2. The molecule has 0 unspecified atom stereocenters. The van der Waals surface area contributed by atoms with Gasteiger partial charge in [0.15, 0.2) is 24.8 Å². The van der Waals surface area contributed by atoms with E-state index in [1.807, 2.05) is 0 Å². The number of amides is 2. The number of carbonyl (C=O) groups is 2. The number of nitrogens with zero attached hydrogens (tertiary/aromatic N) is 3. The van der Waals surface area contributed by atoms with Gasteiger partial charge in [-0.3, -0.25) is 9.59 Å². The zero-order valence-electron chi connectivity index (χ0n) is 18.3. The van der Waals surface area contributed by atoms with Crippen molar-refractivity contribution in [2.24, 2.45) is 0 Å². The summed E-state index contributed by atoms with van der Waals surface area (Å²) in [7, 11) is -4.53. The Bertz CT molecular complexity index is 1560. The smallest absolute Gasteiger partial charge is 0.278 e. The van der Waals surface area contributed by atoms with Crippen molar-refractivity contribution in [2.45, 2.75) is 4.90 Å². The SMILES string of the molecule is O=C(Nc1cccc(S(=O)(=O)N(C(=O)c2ccc[n+]([O-])c2)c2ccc(Cl)cc2)c1)c1ccc[n+]([O-])c1. The maximum absolute atomic E-state index is 13.7. The molecule has 0 saturated carbocycles. The highest BCUT2D eigenvalue weighted by molar-refractivity contribution is 7.93. The molecule has 1 N–H and O–H groups in total. The lowest BCUT2D eigenvalue weighted by molar-refractivity contribution is -0.605. The lowest BCUT2D eigenvalue weighted by atomic mass is 10.2. The van der Waals surface area contributed by atoms with Crippen molar-refractivity contribution in [3.05, 3.63) is 124 Å². The Morgan fingerprint density at radius 2 is 1.44 bits per heavy atom. The second-order valence-electron chi connectivity index (χ2n) is 7.44. The van der Waals surface area contributed by atoms with Crippen LogP contribution in [0.25, 0.3) is 0 Å². The molecule has 0 bridgehead atoms. The van der Waals surface area contributed by atoms with Crippen LogP contribution in [0, 0.1) is 10.4 Å². The number of rotatable bonds is 6. The van der Waals surface area contributed by atoms with E-state index in [1.54, 1.807) is 0 Å². The van der Waals surface area contributed by atoms with E-state index in [0.717, 1.165) is 18.6 Å². The Kier molecular flexibility index (Phi) is 6.86. The summed E-state index contributed by atoms with van der Waals surface area (Å²) in [5.41, 5.74) is 0.00613. The van der Waals surface area contributed by atoms with Gasteiger partial charge in [0, 0.05) is 22.8 Å². The van der Waals surface area contributed by atoms with Crippen molar-refractivity contribution in [1.82, 2.24) is 0 Å². The van der Waals surface area contributed by atoms with Gasteiger partial charge in [-0.05, 0) is 54.6 Å². The van der Waals surface area contributed by atoms with Crippen LogP contribution in [0.3, 0.4) is 0 Å². The summed E-state index contributed by atoms with van der Waals surface area (Å²) < 4.78 is 28.8. The maximum atomic E-state index is 13.7. The highest BCUT2D eigenvalue weighted by Gasteiger charge is 2.33. The molecule has 0 saturated heterocycles. The summed E-state index contributed by atoms with van der Waals surface area (Å²) in [5.74, 6) is -1.61. The fourth-order valence-electron chi connectivity index (χ4n) is 3.27. The predicted octanol–water partition coefficient (Wildman–Crippen LogP) is 2.89. The molecule has 10 nitrogen and oxygen atoms in total. The Morgan fingerprint density at radius 1 is 0.833 bits per heavy atom. The number of carbonyl (C=O) groups excluding carboxylic acids is 2. The summed E-state index contributed by atoms with van der Waals surface area (Å²) in [6, 6.07) is 16.3. The monoisotopic (exact) mass is 524 g/mol. The summed E-state index contributed by atoms with van der Waals surface area (Å²) in [4.78, 5) is 25.6. The first-order valence-corrected chi connectivity index (χ1v) is 12.1. The zero-order chi connectivity index (χ0) is 25.9. The van der Waals surface area contributed by atoms with Gasteiger partial charge in [0.05, 0.1) is 10.6 Å². The normalized spacial score (nSPS) is 11.0. The van der Waals surface area contributed by atoms with Crippen LogP contribution in [0.1, 0.15) is 20.7 Å². The van der Waals surface area contributed by atoms with E-state index in [0.29, 0.717) is 18.8 Å². The third-order valence-corrected chi connectivity index (χ3v) is 6.89. The first-order chi connectivity index (χ1) is 17.1. The van der Waals surface area contributed by atoms with Crippen LogP contribution in [-0.2, 0) is 10.0 Å². The number of sulfonamides is 1. The highest BCUT2D eigenvalue weighted by Crippen LogP contribution is 2.28. The Labute approximate surface area is 210 Å². The number of hydrogen-bond donors (Lipinski definition) is 1. The van der Waals surface area contributed by atoms with Crippen molar-refractivity contribution in [2.75, 3.05) is 9.62 Å². The quantitative estimate of drug-likeness (QED) is 0.304. The van der Waals surface area contributed by atoms with Gasteiger partial charge in [-0.1, -0.05) is 17.7 Å². The van der Waals surface area contributed by atoms with Crippen LogP contribution in [-0.4, -0.2) is 20.2 Å². The lowest BCUT2D eigenvalue weighted by Crippen LogP contribution is -2.38. The minimum atomic E-state index is -4.53. The fraction of sp³-hybridized carbons (Fsp3) is 0. The van der Waals surface area contributed by atoms with Gasteiger partial charge in [-0.25, -0.2) is 8.42 Å². The van der Waals surface area contributed by atoms with E-state index in [4.69, 9.17) is 11.6 Å². The van der Waals surface area contributed by atoms with Crippen LogP contribution in [0.5, 0.6) is 0 Å². The highest BCUT2D eigenvalue weighted by atomic mass is 35.5. The van der Waals surface area contributed by atoms with Gasteiger partial charge < -0.3 is 15.7 Å². The third-order valence-electron chi connectivity index (χ3n) is 4.94. The molecule has 2 aromatic carbocycles. The van der Waals surface area contributed by atoms with Gasteiger partial charge in [0.2, 0.25) is 0 Å². The minimum Gasteiger partial charge on any atom is -0.619 e. The second-order valence-corrected chi connectivity index (χ2v) is 9.66. The molecule has 4 rings (SSSR count). The van der Waals surface area contributed by atoms with Crippen LogP contribution < -0.4 is 19.1 Å². The average Bonchev–Trinajstić information content (AvgIpc) is 2.85. The van der Waals surface area contributed by atoms with Gasteiger partial charge in [-0.15, -0.1) is 0 Å². The van der Waals surface area contributed by atoms with E-state index in [9.17, 15) is 28.4 Å². The molecular weight excluding hydrogens is 508 g/mol. The van der Waals surface area contributed by atoms with Crippen molar-refractivity contribution in [3.63, 3.8) is 0 Å². The topological polar surface area (TPSA) is 137 Å². The summed E-state index contributed by atoms with van der Waals surface area (Å²) in [6.45, 7) is 0. The molecular formula is C24H17ClN4O6S. The van der Waals surface area contributed by atoms with Crippen LogP contribution in [0.4, 0.5) is 11.4 Å². The molecule has 0 aliphatic heterocycles. The molecule has 0 spiro atoms. The Balaban J connectivity index is 1.74. The summed E-state index contributed by atoms with van der Waals surface area (Å²) in [6.07, 6.45) is 4.40. The molecule has 0 atom stereocenters. The second kappa shape index (κ2) is 10.0. The lowest BCUT2D eigenvalue weighted by Gasteiger charge is -2.23. The van der Waals surface area contributed by atoms with Crippen LogP contribution in [0.2, 0.25) is 5.02 Å². The number of benzene rings is 2. The standard InChI is InChI=1S/C24H17ClN4O6S/c25-19-8-10-21(11-9-19)29(24(31)18-5-3-13-28(33)16-18)36(34,35)22-7-1-6-20(14-22)26-23(30)17-4-2-12-27(32)15-17/h1-16H,(H,26,30). The molecule has 12 heteroatoms. The van der Waals surface area contributed by atoms with Crippen molar-refractivity contribution >= 4 is 44.8 Å². The van der Waals surface area contributed by atoms with Gasteiger partial charge in [0.1, 0.15) is 11.1 Å². The number of halogens is 1. The maximum Gasteiger partial charge on any atom is 0.278 e. The summed E-state index contributed by atoms with van der Waals surface area (Å²) in [5, 5.41) is 26.0. The predicted molar refractivity (Wildman–Crippen MR) is 131 cm³/mol. The van der Waals surface area contributed by atoms with E-state index in [1.165, 1.54) is 79.0 Å². The number of anilines is 2. The molecule has 2 aromatic heterocycles. The van der Waals surface area contributed by atoms with Crippen LogP contribution >= 0.6 is 11.6 Å². The number of nitrogens with one attached hydrogen (secondary N) is 1. The van der Waals surface area contributed by atoms with Gasteiger partial charge >= 0.3 is 0 Å². The number of hydrogen-bond acceptors (Lipinski definition) is 6. The van der Waals surface area contributed by atoms with E-state index < -0.39 is 21.8 Å².